The summed E-state index contributed by atoms with van der Waals surface area (Å²) in [5, 5.41) is 7.74. The number of anilines is 1. The monoisotopic (exact) mass is 221 g/mol. The smallest absolute Gasteiger partial charge is 0.318 e. The van der Waals surface area contributed by atoms with Crippen LogP contribution in [-0.4, -0.2) is 25.5 Å². The highest BCUT2D eigenvalue weighted by Gasteiger charge is 2.04. The van der Waals surface area contributed by atoms with Crippen LogP contribution in [0, 0.1) is 0 Å². The first-order valence-corrected chi connectivity index (χ1v) is 5.04. The van der Waals surface area contributed by atoms with Crippen LogP contribution in [-0.2, 0) is 0 Å². The van der Waals surface area contributed by atoms with Crippen molar-refractivity contribution < 1.29 is 9.59 Å². The van der Waals surface area contributed by atoms with Gasteiger partial charge in [-0.3, -0.25) is 4.79 Å². The van der Waals surface area contributed by atoms with Crippen LogP contribution in [0.1, 0.15) is 17.3 Å². The van der Waals surface area contributed by atoms with Crippen molar-refractivity contribution in [1.29, 1.82) is 0 Å². The summed E-state index contributed by atoms with van der Waals surface area (Å²) in [6.45, 7) is 2.45. The molecule has 1 rings (SSSR count). The van der Waals surface area contributed by atoms with Crippen LogP contribution >= 0.6 is 0 Å². The topological polar surface area (TPSA) is 70.2 Å². The van der Waals surface area contributed by atoms with Crippen molar-refractivity contribution in [1.82, 2.24) is 10.6 Å². The van der Waals surface area contributed by atoms with Gasteiger partial charge in [-0.25, -0.2) is 4.79 Å². The van der Waals surface area contributed by atoms with Gasteiger partial charge in [-0.1, -0.05) is 0 Å². The van der Waals surface area contributed by atoms with E-state index in [0.29, 0.717) is 17.8 Å². The minimum Gasteiger partial charge on any atom is -0.352 e. The van der Waals surface area contributed by atoms with E-state index in [1.807, 2.05) is 6.92 Å². The molecule has 0 saturated heterocycles. The highest BCUT2D eigenvalue weighted by atomic mass is 16.2. The number of carbonyl (C=O) groups is 2. The van der Waals surface area contributed by atoms with Gasteiger partial charge in [0.2, 0.25) is 0 Å². The van der Waals surface area contributed by atoms with Crippen molar-refractivity contribution in [2.24, 2.45) is 0 Å². The lowest BCUT2D eigenvalue weighted by atomic mass is 10.2. The highest BCUT2D eigenvalue weighted by Crippen LogP contribution is 2.09. The molecule has 3 N–H and O–H groups in total. The molecule has 3 amide bonds. The minimum atomic E-state index is -0.286. The van der Waals surface area contributed by atoms with E-state index in [-0.39, 0.29) is 11.9 Å². The van der Waals surface area contributed by atoms with E-state index in [2.05, 4.69) is 16.0 Å². The molecule has 0 aliphatic carbocycles. The molecule has 0 heterocycles. The van der Waals surface area contributed by atoms with Crippen LogP contribution in [0.2, 0.25) is 0 Å². The Kier molecular flexibility index (Phi) is 4.32. The summed E-state index contributed by atoms with van der Waals surface area (Å²) >= 11 is 0. The van der Waals surface area contributed by atoms with Crippen molar-refractivity contribution in [3.63, 3.8) is 0 Å². The molecule has 0 aliphatic heterocycles. The predicted molar refractivity (Wildman–Crippen MR) is 62.5 cm³/mol. The fourth-order valence-electron chi connectivity index (χ4n) is 1.16. The Morgan fingerprint density at radius 3 is 2.31 bits per heavy atom. The van der Waals surface area contributed by atoms with Gasteiger partial charge in [0, 0.05) is 24.8 Å². The number of urea groups is 1. The maximum absolute atomic E-state index is 11.4. The van der Waals surface area contributed by atoms with Crippen LogP contribution in [0.3, 0.4) is 0 Å². The lowest BCUT2D eigenvalue weighted by molar-refractivity contribution is 0.0956. The average Bonchev–Trinajstić information content (AvgIpc) is 2.30. The summed E-state index contributed by atoms with van der Waals surface area (Å²) < 4.78 is 0. The van der Waals surface area contributed by atoms with Crippen LogP contribution in [0.4, 0.5) is 10.5 Å². The first-order valence-electron chi connectivity index (χ1n) is 5.04. The first-order chi connectivity index (χ1) is 7.67. The molecule has 5 heteroatoms. The van der Waals surface area contributed by atoms with Gasteiger partial charge in [-0.05, 0) is 31.2 Å². The molecule has 5 nitrogen and oxygen atoms in total. The maximum atomic E-state index is 11.4. The molecule has 0 fully saturated rings. The van der Waals surface area contributed by atoms with Crippen LogP contribution in [0.15, 0.2) is 24.3 Å². The van der Waals surface area contributed by atoms with Gasteiger partial charge in [-0.2, -0.15) is 0 Å². The number of hydrogen-bond donors (Lipinski definition) is 3. The standard InChI is InChI=1S/C11H15N3O2/c1-3-13-10(15)8-4-6-9(7-5-8)14-11(16)12-2/h4-7H,3H2,1-2H3,(H,13,15)(H2,12,14,16). The lowest BCUT2D eigenvalue weighted by Crippen LogP contribution is -2.25. The zero-order valence-electron chi connectivity index (χ0n) is 9.33. The highest BCUT2D eigenvalue weighted by molar-refractivity contribution is 5.95. The molecule has 0 saturated carbocycles. The molecule has 0 aromatic heterocycles. The van der Waals surface area contributed by atoms with E-state index >= 15 is 0 Å². The molecule has 0 bridgehead atoms. The zero-order chi connectivity index (χ0) is 12.0. The summed E-state index contributed by atoms with van der Waals surface area (Å²) in [4.78, 5) is 22.4. The van der Waals surface area contributed by atoms with Crippen LogP contribution in [0.25, 0.3) is 0 Å². The number of nitrogens with one attached hydrogen (secondary N) is 3. The number of amides is 3. The molecule has 0 spiro atoms. The van der Waals surface area contributed by atoms with E-state index in [1.54, 1.807) is 31.3 Å². The van der Waals surface area contributed by atoms with Gasteiger partial charge in [0.15, 0.2) is 0 Å². The minimum absolute atomic E-state index is 0.117. The second-order valence-corrected chi connectivity index (χ2v) is 3.14. The molecule has 0 radical (unpaired) electrons. The van der Waals surface area contributed by atoms with Gasteiger partial charge in [0.25, 0.3) is 5.91 Å². The van der Waals surface area contributed by atoms with Crippen LogP contribution in [0.5, 0.6) is 0 Å². The Morgan fingerprint density at radius 1 is 1.19 bits per heavy atom. The lowest BCUT2D eigenvalue weighted by Gasteiger charge is -2.05. The Morgan fingerprint density at radius 2 is 1.81 bits per heavy atom. The summed E-state index contributed by atoms with van der Waals surface area (Å²) in [6.07, 6.45) is 0. The molecule has 1 aromatic carbocycles. The van der Waals surface area contributed by atoms with Crippen LogP contribution < -0.4 is 16.0 Å². The molecule has 86 valence electrons. The third-order valence-electron chi connectivity index (χ3n) is 1.97. The Hall–Kier alpha value is -2.04. The molecule has 0 aliphatic rings. The third-order valence-corrected chi connectivity index (χ3v) is 1.97. The van der Waals surface area contributed by atoms with Crippen molar-refractivity contribution in [2.45, 2.75) is 6.92 Å². The maximum Gasteiger partial charge on any atom is 0.318 e. The second-order valence-electron chi connectivity index (χ2n) is 3.14. The molecule has 0 unspecified atom stereocenters. The number of rotatable bonds is 3. The normalized spacial score (nSPS) is 9.38. The summed E-state index contributed by atoms with van der Waals surface area (Å²) in [5.74, 6) is -0.117. The van der Waals surface area contributed by atoms with E-state index in [0.717, 1.165) is 0 Å². The molecular formula is C11H15N3O2. The van der Waals surface area contributed by atoms with E-state index in [1.165, 1.54) is 0 Å². The van der Waals surface area contributed by atoms with Crippen molar-refractivity contribution >= 4 is 17.6 Å². The Balaban J connectivity index is 2.67. The van der Waals surface area contributed by atoms with Crippen molar-refractivity contribution in [2.75, 3.05) is 18.9 Å². The van der Waals surface area contributed by atoms with Crippen molar-refractivity contribution in [3.05, 3.63) is 29.8 Å². The number of benzene rings is 1. The van der Waals surface area contributed by atoms with Gasteiger partial charge >= 0.3 is 6.03 Å². The fourth-order valence-corrected chi connectivity index (χ4v) is 1.16. The van der Waals surface area contributed by atoms with Gasteiger partial charge < -0.3 is 16.0 Å². The van der Waals surface area contributed by atoms with Crippen molar-refractivity contribution in [3.8, 4) is 0 Å². The molecular weight excluding hydrogens is 206 g/mol. The molecule has 0 atom stereocenters. The Bertz CT molecular complexity index is 373. The molecule has 1 aromatic rings. The summed E-state index contributed by atoms with van der Waals surface area (Å²) in [7, 11) is 1.54. The third kappa shape index (κ3) is 3.27. The SMILES string of the molecule is CCNC(=O)c1ccc(NC(=O)NC)cc1. The average molecular weight is 221 g/mol. The fraction of sp³-hybridized carbons (Fsp3) is 0.273. The Labute approximate surface area is 94.2 Å². The van der Waals surface area contributed by atoms with Gasteiger partial charge in [0.05, 0.1) is 0 Å². The molecule has 16 heavy (non-hydrogen) atoms. The van der Waals surface area contributed by atoms with Gasteiger partial charge in [0.1, 0.15) is 0 Å². The first kappa shape index (κ1) is 12.0. The zero-order valence-corrected chi connectivity index (χ0v) is 9.33. The summed E-state index contributed by atoms with van der Waals surface area (Å²) in [5.41, 5.74) is 1.22. The largest absolute Gasteiger partial charge is 0.352 e. The second kappa shape index (κ2) is 5.75. The van der Waals surface area contributed by atoms with E-state index in [9.17, 15) is 9.59 Å². The van der Waals surface area contributed by atoms with E-state index in [4.69, 9.17) is 0 Å². The van der Waals surface area contributed by atoms with E-state index < -0.39 is 0 Å². The predicted octanol–water partition coefficient (Wildman–Crippen LogP) is 1.19. The number of carbonyl (C=O) groups excluding carboxylic acids is 2. The number of hydrogen-bond acceptors (Lipinski definition) is 2. The van der Waals surface area contributed by atoms with Gasteiger partial charge in [-0.15, -0.1) is 0 Å². The summed E-state index contributed by atoms with van der Waals surface area (Å²) in [6, 6.07) is 6.40. The quantitative estimate of drug-likeness (QED) is 0.717.